The summed E-state index contributed by atoms with van der Waals surface area (Å²) in [5, 5.41) is 31.4. The van der Waals surface area contributed by atoms with Crippen molar-refractivity contribution in [2.24, 2.45) is 0 Å². The van der Waals surface area contributed by atoms with Crippen LogP contribution in [0.25, 0.3) is 0 Å². The summed E-state index contributed by atoms with van der Waals surface area (Å²) < 4.78 is 49.8. The summed E-state index contributed by atoms with van der Waals surface area (Å²) in [6.07, 6.45) is -1.86. The number of aromatic hydroxyl groups is 2. The smallest absolute Gasteiger partial charge is 0.491 e. The standard InChI is InChI=1S/C32H23F3N2O10/c1-2-37-16-4-7-23(25(28(37)47-31(45)32(33,34)35)36-27(41)18-12-14-20(38)15-13-18)46-30(44)19-10-8-17(9-11-19)26(40)24-21(29(42)43)5-3-6-22(24)39/h3-16,38-39H,2H2,1H3,(H,36,41)(H,42,43). The number of phenolic OH excluding ortho intramolecular Hbond substituents is 2. The number of allylic oxidation sites excluding steroid dienone is 2. The molecule has 0 aliphatic carbocycles. The van der Waals surface area contributed by atoms with E-state index in [2.05, 4.69) is 10.1 Å². The molecule has 0 saturated carbocycles. The number of nitrogens with zero attached hydrogens (tertiary/aromatic N) is 1. The van der Waals surface area contributed by atoms with Crippen molar-refractivity contribution in [3.8, 4) is 11.5 Å². The van der Waals surface area contributed by atoms with E-state index in [9.17, 15) is 52.5 Å². The molecule has 1 heterocycles. The Morgan fingerprint density at radius 2 is 1.47 bits per heavy atom. The number of ketones is 1. The lowest BCUT2D eigenvalue weighted by Gasteiger charge is -2.24. The molecule has 1 amide bonds. The van der Waals surface area contributed by atoms with Crippen molar-refractivity contribution in [3.05, 3.63) is 130 Å². The third-order valence-corrected chi connectivity index (χ3v) is 6.45. The number of halogens is 3. The van der Waals surface area contributed by atoms with Gasteiger partial charge in [-0.05, 0) is 67.6 Å². The van der Waals surface area contributed by atoms with E-state index in [1.807, 2.05) is 0 Å². The SMILES string of the molecule is CCN1C=CC=C(OC(=O)c2ccc(C(=O)c3c(O)cccc3C(=O)O)cc2)C(NC(=O)c2ccc(O)cc2)=C1OC(=O)C(F)(F)F. The number of hydrogen-bond acceptors (Lipinski definition) is 10. The molecule has 47 heavy (non-hydrogen) atoms. The van der Waals surface area contributed by atoms with Gasteiger partial charge in [0, 0.05) is 23.9 Å². The quantitative estimate of drug-likeness (QED) is 0.187. The number of esters is 2. The minimum Gasteiger partial charge on any atom is -0.508 e. The second-order valence-corrected chi connectivity index (χ2v) is 9.53. The Morgan fingerprint density at radius 3 is 2.06 bits per heavy atom. The van der Waals surface area contributed by atoms with Gasteiger partial charge in [-0.3, -0.25) is 9.59 Å². The van der Waals surface area contributed by atoms with Crippen molar-refractivity contribution < 1.29 is 61.9 Å². The van der Waals surface area contributed by atoms with E-state index in [1.54, 1.807) is 0 Å². The lowest BCUT2D eigenvalue weighted by Crippen LogP contribution is -2.34. The summed E-state index contributed by atoms with van der Waals surface area (Å²) in [5.74, 6) is -9.14. The van der Waals surface area contributed by atoms with Crippen LogP contribution in [0.1, 0.15) is 53.9 Å². The molecule has 4 rings (SSSR count). The van der Waals surface area contributed by atoms with Crippen LogP contribution in [0, 0.1) is 0 Å². The second-order valence-electron chi connectivity index (χ2n) is 9.53. The number of amides is 1. The molecule has 0 saturated heterocycles. The number of phenols is 2. The first-order chi connectivity index (χ1) is 22.2. The molecule has 15 heteroatoms. The molecule has 0 atom stereocenters. The molecule has 0 unspecified atom stereocenters. The molecule has 0 radical (unpaired) electrons. The number of ether oxygens (including phenoxy) is 2. The van der Waals surface area contributed by atoms with Crippen LogP contribution in [0.3, 0.4) is 0 Å². The first-order valence-corrected chi connectivity index (χ1v) is 13.4. The van der Waals surface area contributed by atoms with Gasteiger partial charge in [0.2, 0.25) is 5.88 Å². The number of benzene rings is 3. The van der Waals surface area contributed by atoms with Gasteiger partial charge in [0.25, 0.3) is 5.91 Å². The molecular formula is C32H23F3N2O10. The van der Waals surface area contributed by atoms with Gasteiger partial charge in [-0.15, -0.1) is 0 Å². The van der Waals surface area contributed by atoms with Crippen LogP contribution in [0.15, 0.2) is 102 Å². The normalized spacial score (nSPS) is 12.9. The molecule has 0 spiro atoms. The van der Waals surface area contributed by atoms with E-state index >= 15 is 0 Å². The molecule has 3 aromatic rings. The fraction of sp³-hybridized carbons (Fsp3) is 0.0938. The Bertz CT molecular complexity index is 1840. The molecule has 0 fully saturated rings. The summed E-state index contributed by atoms with van der Waals surface area (Å²) in [6, 6.07) is 12.8. The maximum atomic E-state index is 13.2. The Labute approximate surface area is 263 Å². The third-order valence-electron chi connectivity index (χ3n) is 6.45. The van der Waals surface area contributed by atoms with Gasteiger partial charge in [0.15, 0.2) is 11.5 Å². The van der Waals surface area contributed by atoms with Gasteiger partial charge in [0.05, 0.1) is 16.7 Å². The molecule has 0 bridgehead atoms. The number of alkyl halides is 3. The third kappa shape index (κ3) is 7.65. The summed E-state index contributed by atoms with van der Waals surface area (Å²) >= 11 is 0. The molecular weight excluding hydrogens is 629 g/mol. The zero-order chi connectivity index (χ0) is 34.5. The van der Waals surface area contributed by atoms with Gasteiger partial charge >= 0.3 is 24.1 Å². The topological polar surface area (TPSA) is 180 Å². The van der Waals surface area contributed by atoms with E-state index in [0.29, 0.717) is 0 Å². The fourth-order valence-electron chi connectivity index (χ4n) is 4.16. The molecule has 0 aromatic heterocycles. The molecule has 1 aliphatic heterocycles. The van der Waals surface area contributed by atoms with E-state index in [-0.39, 0.29) is 29.0 Å². The first kappa shape index (κ1) is 33.5. The Kier molecular flexibility index (Phi) is 9.79. The second kappa shape index (κ2) is 13.7. The largest absolute Gasteiger partial charge is 0.508 e. The number of carbonyl (C=O) groups excluding carboxylic acids is 4. The minimum atomic E-state index is -5.43. The number of hydrogen-bond donors (Lipinski definition) is 4. The van der Waals surface area contributed by atoms with Gasteiger partial charge in [-0.25, -0.2) is 14.4 Å². The van der Waals surface area contributed by atoms with Crippen LogP contribution in [-0.2, 0) is 14.3 Å². The van der Waals surface area contributed by atoms with Crippen LogP contribution >= 0.6 is 0 Å². The van der Waals surface area contributed by atoms with Crippen LogP contribution in [0.5, 0.6) is 11.5 Å². The average Bonchev–Trinajstić information content (AvgIpc) is 3.18. The highest BCUT2D eigenvalue weighted by Crippen LogP contribution is 2.28. The van der Waals surface area contributed by atoms with Crippen LogP contribution < -0.4 is 5.32 Å². The van der Waals surface area contributed by atoms with Crippen molar-refractivity contribution in [2.75, 3.05) is 6.54 Å². The lowest BCUT2D eigenvalue weighted by molar-refractivity contribution is -0.197. The van der Waals surface area contributed by atoms with E-state index in [4.69, 9.17) is 4.74 Å². The maximum absolute atomic E-state index is 13.2. The number of rotatable bonds is 9. The van der Waals surface area contributed by atoms with Crippen molar-refractivity contribution >= 4 is 29.6 Å². The van der Waals surface area contributed by atoms with E-state index in [1.165, 1.54) is 49.5 Å². The van der Waals surface area contributed by atoms with Gasteiger partial charge < -0.3 is 35.0 Å². The Morgan fingerprint density at radius 1 is 0.851 bits per heavy atom. The summed E-state index contributed by atoms with van der Waals surface area (Å²) in [6.45, 7) is 1.43. The number of carboxylic acids is 1. The molecule has 242 valence electrons. The fourth-order valence-corrected chi connectivity index (χ4v) is 4.16. The van der Waals surface area contributed by atoms with Gasteiger partial charge in [-0.1, -0.05) is 18.2 Å². The predicted molar refractivity (Wildman–Crippen MR) is 155 cm³/mol. The highest BCUT2D eigenvalue weighted by molar-refractivity contribution is 6.16. The van der Waals surface area contributed by atoms with Crippen molar-refractivity contribution in [2.45, 2.75) is 13.1 Å². The number of carboxylic acid groups (broad SMARTS) is 1. The van der Waals surface area contributed by atoms with Crippen molar-refractivity contribution in [1.29, 1.82) is 0 Å². The predicted octanol–water partition coefficient (Wildman–Crippen LogP) is 4.62. The molecule has 3 aromatic carbocycles. The van der Waals surface area contributed by atoms with Crippen LogP contribution in [0.4, 0.5) is 13.2 Å². The summed E-state index contributed by atoms with van der Waals surface area (Å²) in [5.41, 5.74) is -1.94. The summed E-state index contributed by atoms with van der Waals surface area (Å²) in [4.78, 5) is 63.8. The number of carbonyl (C=O) groups is 5. The first-order valence-electron chi connectivity index (χ1n) is 13.4. The Balaban J connectivity index is 1.69. The average molecular weight is 653 g/mol. The molecule has 4 N–H and O–H groups in total. The van der Waals surface area contributed by atoms with Crippen LogP contribution in [0.2, 0.25) is 0 Å². The number of nitrogens with one attached hydrogen (secondary N) is 1. The monoisotopic (exact) mass is 652 g/mol. The highest BCUT2D eigenvalue weighted by Gasteiger charge is 2.43. The molecule has 1 aliphatic rings. The van der Waals surface area contributed by atoms with E-state index in [0.717, 1.165) is 47.4 Å². The lowest BCUT2D eigenvalue weighted by atomic mass is 9.96. The van der Waals surface area contributed by atoms with Crippen molar-refractivity contribution in [3.63, 3.8) is 0 Å². The Hall–Kier alpha value is -6.38. The maximum Gasteiger partial charge on any atom is 0.491 e. The van der Waals surface area contributed by atoms with Crippen LogP contribution in [-0.4, -0.2) is 62.5 Å². The minimum absolute atomic E-state index is 0.0688. The highest BCUT2D eigenvalue weighted by atomic mass is 19.4. The number of aromatic carboxylic acids is 1. The van der Waals surface area contributed by atoms with Crippen molar-refractivity contribution in [1.82, 2.24) is 10.2 Å². The molecule has 12 nitrogen and oxygen atoms in total. The zero-order valence-corrected chi connectivity index (χ0v) is 24.1. The van der Waals surface area contributed by atoms with Gasteiger partial charge in [0.1, 0.15) is 17.2 Å². The van der Waals surface area contributed by atoms with Gasteiger partial charge in [-0.2, -0.15) is 13.2 Å². The van der Waals surface area contributed by atoms with E-state index < -0.39 is 70.0 Å². The zero-order valence-electron chi connectivity index (χ0n) is 24.1. The summed E-state index contributed by atoms with van der Waals surface area (Å²) in [7, 11) is 0.